The molecule has 3 rings (SSSR count). The summed E-state index contributed by atoms with van der Waals surface area (Å²) >= 11 is 9.14. The van der Waals surface area contributed by atoms with E-state index in [-0.39, 0.29) is 17.0 Å². The molecule has 3 aromatic rings. The maximum atomic E-state index is 13.7. The standard InChI is InChI=1S/C15H9F2NO2S2/c1-19-11-3-2-7(15(21)22)4-9(11)14-18-13-10(17)5-8(16)6-12(13)20-14/h2-6H,1H3,(H,21,22). The monoisotopic (exact) mass is 337 g/mol. The minimum Gasteiger partial charge on any atom is -0.496 e. The van der Waals surface area contributed by atoms with Gasteiger partial charge in [-0.2, -0.15) is 0 Å². The van der Waals surface area contributed by atoms with Crippen LogP contribution in [0, 0.1) is 11.6 Å². The zero-order valence-electron chi connectivity index (χ0n) is 11.3. The summed E-state index contributed by atoms with van der Waals surface area (Å²) in [6.45, 7) is 0. The predicted molar refractivity (Wildman–Crippen MR) is 86.6 cm³/mol. The lowest BCUT2D eigenvalue weighted by molar-refractivity contribution is 0.414. The second-order valence-corrected chi connectivity index (χ2v) is 5.63. The number of benzene rings is 2. The van der Waals surface area contributed by atoms with Crippen LogP contribution in [0.2, 0.25) is 0 Å². The van der Waals surface area contributed by atoms with Crippen molar-refractivity contribution in [2.75, 3.05) is 7.11 Å². The Bertz CT molecular complexity index is 893. The minimum atomic E-state index is -0.787. The van der Waals surface area contributed by atoms with Crippen molar-refractivity contribution >= 4 is 40.1 Å². The molecule has 0 spiro atoms. The lowest BCUT2D eigenvalue weighted by atomic mass is 10.1. The number of rotatable bonds is 3. The smallest absolute Gasteiger partial charge is 0.231 e. The van der Waals surface area contributed by atoms with Gasteiger partial charge in [0.25, 0.3) is 0 Å². The number of halogens is 2. The summed E-state index contributed by atoms with van der Waals surface area (Å²) in [6.07, 6.45) is 0. The fourth-order valence-corrected chi connectivity index (χ4v) is 2.35. The number of hydrogen-bond acceptors (Lipinski definition) is 4. The second kappa shape index (κ2) is 5.66. The van der Waals surface area contributed by atoms with Gasteiger partial charge in [-0.25, -0.2) is 13.8 Å². The largest absolute Gasteiger partial charge is 0.496 e. The molecule has 0 aliphatic heterocycles. The average Bonchev–Trinajstić information content (AvgIpc) is 2.90. The third-order valence-corrected chi connectivity index (χ3v) is 3.58. The summed E-state index contributed by atoms with van der Waals surface area (Å²) in [4.78, 5) is 4.08. The number of methoxy groups -OCH3 is 1. The van der Waals surface area contributed by atoms with Gasteiger partial charge in [0, 0.05) is 12.1 Å². The molecule has 0 radical (unpaired) electrons. The Labute approximate surface area is 135 Å². The number of thiol groups is 1. The normalized spacial score (nSPS) is 10.9. The number of aromatic nitrogens is 1. The fraction of sp³-hybridized carbons (Fsp3) is 0.0667. The molecular formula is C15H9F2NO2S2. The second-order valence-electron chi connectivity index (χ2n) is 4.47. The van der Waals surface area contributed by atoms with Gasteiger partial charge in [-0.1, -0.05) is 12.2 Å². The quantitative estimate of drug-likeness (QED) is 0.568. The lowest BCUT2D eigenvalue weighted by Crippen LogP contribution is -1.93. The van der Waals surface area contributed by atoms with Crippen LogP contribution in [-0.2, 0) is 0 Å². The molecule has 1 aromatic heterocycles. The molecule has 2 aromatic carbocycles. The van der Waals surface area contributed by atoms with Gasteiger partial charge in [0.05, 0.1) is 16.9 Å². The molecule has 0 atom stereocenters. The van der Waals surface area contributed by atoms with Crippen molar-refractivity contribution in [3.8, 4) is 17.2 Å². The highest BCUT2D eigenvalue weighted by Crippen LogP contribution is 2.33. The van der Waals surface area contributed by atoms with E-state index < -0.39 is 11.6 Å². The Hall–Kier alpha value is -1.99. The molecule has 7 heteroatoms. The first-order chi connectivity index (χ1) is 10.5. The maximum Gasteiger partial charge on any atom is 0.231 e. The molecule has 0 saturated heterocycles. The third kappa shape index (κ3) is 2.57. The molecule has 0 saturated carbocycles. The molecule has 112 valence electrons. The Morgan fingerprint density at radius 2 is 2.05 bits per heavy atom. The summed E-state index contributed by atoms with van der Waals surface area (Å²) in [5.41, 5.74) is 1.13. The Balaban J connectivity index is 2.24. The highest BCUT2D eigenvalue weighted by Gasteiger charge is 2.17. The number of fused-ring (bicyclic) bond motifs is 1. The fourth-order valence-electron chi connectivity index (χ4n) is 2.08. The molecule has 0 aliphatic carbocycles. The number of hydrogen-bond donors (Lipinski definition) is 1. The number of nitrogens with zero attached hydrogens (tertiary/aromatic N) is 1. The van der Waals surface area contributed by atoms with Crippen molar-refractivity contribution in [3.05, 3.63) is 47.5 Å². The minimum absolute atomic E-state index is 0.0217. The van der Waals surface area contributed by atoms with Gasteiger partial charge in [0.1, 0.15) is 17.1 Å². The van der Waals surface area contributed by atoms with Crippen molar-refractivity contribution in [1.82, 2.24) is 4.98 Å². The third-order valence-electron chi connectivity index (χ3n) is 3.09. The van der Waals surface area contributed by atoms with E-state index in [1.807, 2.05) is 0 Å². The first-order valence-corrected chi connectivity index (χ1v) is 7.02. The average molecular weight is 337 g/mol. The number of ether oxygens (including phenoxy) is 1. The summed E-state index contributed by atoms with van der Waals surface area (Å²) in [5.74, 6) is -0.932. The van der Waals surface area contributed by atoms with Crippen LogP contribution in [0.4, 0.5) is 8.78 Å². The van der Waals surface area contributed by atoms with Gasteiger partial charge in [0.2, 0.25) is 5.89 Å². The van der Waals surface area contributed by atoms with Crippen molar-refractivity contribution in [3.63, 3.8) is 0 Å². The predicted octanol–water partition coefficient (Wildman–Crippen LogP) is 4.39. The molecule has 0 amide bonds. The molecule has 0 bridgehead atoms. The van der Waals surface area contributed by atoms with Gasteiger partial charge >= 0.3 is 0 Å². The van der Waals surface area contributed by atoms with E-state index in [2.05, 4.69) is 17.6 Å². The van der Waals surface area contributed by atoms with Crippen LogP contribution < -0.4 is 4.74 Å². The van der Waals surface area contributed by atoms with Crippen LogP contribution in [0.15, 0.2) is 34.7 Å². The van der Waals surface area contributed by atoms with Crippen molar-refractivity contribution < 1.29 is 17.9 Å². The molecule has 3 nitrogen and oxygen atoms in total. The van der Waals surface area contributed by atoms with Crippen LogP contribution in [0.3, 0.4) is 0 Å². The highest BCUT2D eigenvalue weighted by atomic mass is 32.1. The molecular weight excluding hydrogens is 328 g/mol. The zero-order chi connectivity index (χ0) is 15.9. The zero-order valence-corrected chi connectivity index (χ0v) is 13.0. The van der Waals surface area contributed by atoms with Crippen molar-refractivity contribution in [1.29, 1.82) is 0 Å². The van der Waals surface area contributed by atoms with E-state index in [4.69, 9.17) is 21.4 Å². The highest BCUT2D eigenvalue weighted by molar-refractivity contribution is 8.11. The van der Waals surface area contributed by atoms with Gasteiger partial charge in [0.15, 0.2) is 11.4 Å². The summed E-state index contributed by atoms with van der Waals surface area (Å²) in [7, 11) is 1.49. The molecule has 0 unspecified atom stereocenters. The van der Waals surface area contributed by atoms with Crippen LogP contribution in [0.5, 0.6) is 5.75 Å². The van der Waals surface area contributed by atoms with E-state index in [0.29, 0.717) is 21.1 Å². The Kier molecular flexibility index (Phi) is 3.84. The maximum absolute atomic E-state index is 13.7. The number of thiocarbonyl (C=S) groups is 1. The van der Waals surface area contributed by atoms with E-state index in [1.54, 1.807) is 18.2 Å². The molecule has 1 heterocycles. The topological polar surface area (TPSA) is 35.3 Å². The number of oxazole rings is 1. The molecule has 0 fully saturated rings. The van der Waals surface area contributed by atoms with Crippen LogP contribution >= 0.6 is 24.8 Å². The van der Waals surface area contributed by atoms with E-state index in [9.17, 15) is 8.78 Å². The first kappa shape index (κ1) is 14.9. The summed E-state index contributed by atoms with van der Waals surface area (Å²) < 4.78 is 38.1. The van der Waals surface area contributed by atoms with Crippen molar-refractivity contribution in [2.45, 2.75) is 0 Å². The SMILES string of the molecule is COc1ccc(C(=S)S)cc1-c1nc2c(F)cc(F)cc2o1. The Morgan fingerprint density at radius 3 is 2.73 bits per heavy atom. The Morgan fingerprint density at radius 1 is 1.27 bits per heavy atom. The van der Waals surface area contributed by atoms with E-state index in [0.717, 1.165) is 12.1 Å². The van der Waals surface area contributed by atoms with Gasteiger partial charge in [-0.05, 0) is 23.8 Å². The molecule has 0 N–H and O–H groups in total. The first-order valence-electron chi connectivity index (χ1n) is 6.17. The van der Waals surface area contributed by atoms with E-state index >= 15 is 0 Å². The van der Waals surface area contributed by atoms with Crippen LogP contribution in [0.1, 0.15) is 5.56 Å². The van der Waals surface area contributed by atoms with E-state index in [1.165, 1.54) is 7.11 Å². The van der Waals surface area contributed by atoms with Crippen LogP contribution in [0.25, 0.3) is 22.6 Å². The van der Waals surface area contributed by atoms with Crippen LogP contribution in [-0.4, -0.2) is 16.3 Å². The van der Waals surface area contributed by atoms with Gasteiger partial charge < -0.3 is 9.15 Å². The lowest BCUT2D eigenvalue weighted by Gasteiger charge is -2.07. The summed E-state index contributed by atoms with van der Waals surface area (Å²) in [6, 6.07) is 6.92. The van der Waals surface area contributed by atoms with Crippen molar-refractivity contribution in [2.24, 2.45) is 0 Å². The summed E-state index contributed by atoms with van der Waals surface area (Å²) in [5, 5.41) is 0. The molecule has 22 heavy (non-hydrogen) atoms. The molecule has 0 aliphatic rings. The van der Waals surface area contributed by atoms with Gasteiger partial charge in [-0.15, -0.1) is 12.6 Å². The van der Waals surface area contributed by atoms with Gasteiger partial charge in [-0.3, -0.25) is 0 Å².